The molecule has 35 heavy (non-hydrogen) atoms. The van der Waals surface area contributed by atoms with Crippen LogP contribution >= 0.6 is 39.1 Å². The number of carbonyl (C=O) groups is 1. The first-order chi connectivity index (χ1) is 16.7. The van der Waals surface area contributed by atoms with Crippen LogP contribution in [-0.4, -0.2) is 12.5 Å². The largest absolute Gasteiger partial charge is 0.490 e. The van der Waals surface area contributed by atoms with E-state index in [0.29, 0.717) is 43.9 Å². The van der Waals surface area contributed by atoms with Gasteiger partial charge < -0.3 is 14.8 Å². The SMILES string of the molecule is CCOc1cc(/C=C(\C#N)C(=O)Nc2cccc(C)c2C)c(Br)cc1OCc1ccc(Cl)c(Cl)c1. The number of hydrogen-bond donors (Lipinski definition) is 1. The Balaban J connectivity index is 1.86. The highest BCUT2D eigenvalue weighted by Gasteiger charge is 2.15. The van der Waals surface area contributed by atoms with Crippen LogP contribution < -0.4 is 14.8 Å². The van der Waals surface area contributed by atoms with Crippen molar-refractivity contribution in [2.24, 2.45) is 0 Å². The number of benzene rings is 3. The summed E-state index contributed by atoms with van der Waals surface area (Å²) in [5.74, 6) is 0.487. The van der Waals surface area contributed by atoms with E-state index in [0.717, 1.165) is 16.7 Å². The predicted molar refractivity (Wildman–Crippen MR) is 144 cm³/mol. The Labute approximate surface area is 223 Å². The molecule has 0 spiro atoms. The third kappa shape index (κ3) is 6.79. The Morgan fingerprint density at radius 1 is 1.09 bits per heavy atom. The maximum Gasteiger partial charge on any atom is 0.266 e. The maximum absolute atomic E-state index is 12.8. The average Bonchev–Trinajstić information content (AvgIpc) is 2.83. The zero-order chi connectivity index (χ0) is 25.5. The van der Waals surface area contributed by atoms with Crippen LogP contribution in [0.15, 0.2) is 58.6 Å². The van der Waals surface area contributed by atoms with Crippen molar-refractivity contribution in [3.05, 3.63) is 90.9 Å². The van der Waals surface area contributed by atoms with E-state index in [4.69, 9.17) is 32.7 Å². The van der Waals surface area contributed by atoms with E-state index in [1.807, 2.05) is 45.0 Å². The second-order valence-electron chi connectivity index (χ2n) is 7.66. The minimum atomic E-state index is -0.494. The first kappa shape index (κ1) is 26.6. The lowest BCUT2D eigenvalue weighted by molar-refractivity contribution is -0.112. The number of anilines is 1. The average molecular weight is 574 g/mol. The van der Waals surface area contributed by atoms with Gasteiger partial charge >= 0.3 is 0 Å². The fraction of sp³-hybridized carbons (Fsp3) is 0.185. The zero-order valence-corrected chi connectivity index (χ0v) is 22.5. The quantitative estimate of drug-likeness (QED) is 0.219. The van der Waals surface area contributed by atoms with Gasteiger partial charge in [0.25, 0.3) is 5.91 Å². The molecule has 0 saturated carbocycles. The van der Waals surface area contributed by atoms with Crippen LogP contribution in [0.25, 0.3) is 6.08 Å². The monoisotopic (exact) mass is 572 g/mol. The summed E-state index contributed by atoms with van der Waals surface area (Å²) in [4.78, 5) is 12.8. The standard InChI is InChI=1S/C27H23BrCl2N2O3/c1-4-34-25-12-19(11-20(14-31)27(33)32-24-7-5-6-16(2)17(24)3)21(28)13-26(25)35-15-18-8-9-22(29)23(30)10-18/h5-13H,4,15H2,1-3H3,(H,32,33)/b20-11+. The van der Waals surface area contributed by atoms with Crippen LogP contribution in [-0.2, 0) is 11.4 Å². The Kier molecular flexibility index (Phi) is 9.22. The third-order valence-corrected chi connectivity index (χ3v) is 6.68. The third-order valence-electron chi connectivity index (χ3n) is 5.26. The van der Waals surface area contributed by atoms with Crippen LogP contribution in [0.1, 0.15) is 29.2 Å². The number of nitrogens with one attached hydrogen (secondary N) is 1. The summed E-state index contributed by atoms with van der Waals surface area (Å²) in [6, 6.07) is 16.4. The zero-order valence-electron chi connectivity index (χ0n) is 19.4. The van der Waals surface area contributed by atoms with E-state index in [1.165, 1.54) is 6.08 Å². The highest BCUT2D eigenvalue weighted by atomic mass is 79.9. The predicted octanol–water partition coefficient (Wildman–Crippen LogP) is 7.90. The van der Waals surface area contributed by atoms with Crippen molar-refractivity contribution in [2.45, 2.75) is 27.4 Å². The van der Waals surface area contributed by atoms with Crippen molar-refractivity contribution >= 4 is 56.8 Å². The van der Waals surface area contributed by atoms with Gasteiger partial charge in [0.15, 0.2) is 11.5 Å². The second-order valence-corrected chi connectivity index (χ2v) is 9.33. The first-order valence-corrected chi connectivity index (χ1v) is 12.3. The van der Waals surface area contributed by atoms with E-state index >= 15 is 0 Å². The number of rotatable bonds is 8. The van der Waals surface area contributed by atoms with Gasteiger partial charge in [-0.15, -0.1) is 0 Å². The Bertz CT molecular complexity index is 1330. The molecular weight excluding hydrogens is 551 g/mol. The summed E-state index contributed by atoms with van der Waals surface area (Å²) in [5.41, 5.74) is 4.06. The summed E-state index contributed by atoms with van der Waals surface area (Å²) in [5, 5.41) is 13.4. The normalized spacial score (nSPS) is 11.1. The fourth-order valence-electron chi connectivity index (χ4n) is 3.21. The first-order valence-electron chi connectivity index (χ1n) is 10.8. The van der Waals surface area contributed by atoms with E-state index in [-0.39, 0.29) is 12.2 Å². The van der Waals surface area contributed by atoms with E-state index in [9.17, 15) is 10.1 Å². The maximum atomic E-state index is 12.8. The summed E-state index contributed by atoms with van der Waals surface area (Å²) < 4.78 is 12.4. The number of carbonyl (C=O) groups excluding carboxylic acids is 1. The molecule has 0 aliphatic carbocycles. The van der Waals surface area contributed by atoms with Gasteiger partial charge in [0.2, 0.25) is 0 Å². The van der Waals surface area contributed by atoms with Gasteiger partial charge in [0, 0.05) is 10.2 Å². The Hall–Kier alpha value is -2.98. The van der Waals surface area contributed by atoms with Crippen LogP contribution in [0.3, 0.4) is 0 Å². The molecule has 1 N–H and O–H groups in total. The molecule has 0 aliphatic heterocycles. The molecule has 8 heteroatoms. The number of nitriles is 1. The van der Waals surface area contributed by atoms with Gasteiger partial charge in [-0.25, -0.2) is 0 Å². The van der Waals surface area contributed by atoms with E-state index in [1.54, 1.807) is 30.3 Å². The van der Waals surface area contributed by atoms with Gasteiger partial charge in [-0.3, -0.25) is 4.79 Å². The molecule has 1 amide bonds. The van der Waals surface area contributed by atoms with Gasteiger partial charge in [-0.2, -0.15) is 5.26 Å². The van der Waals surface area contributed by atoms with Crippen molar-refractivity contribution < 1.29 is 14.3 Å². The second kappa shape index (κ2) is 12.1. The minimum Gasteiger partial charge on any atom is -0.490 e. The lowest BCUT2D eigenvalue weighted by Crippen LogP contribution is -2.14. The molecule has 0 radical (unpaired) electrons. The topological polar surface area (TPSA) is 71.3 Å². The molecule has 0 atom stereocenters. The van der Waals surface area contributed by atoms with Gasteiger partial charge in [-0.1, -0.05) is 57.3 Å². The molecule has 3 aromatic carbocycles. The van der Waals surface area contributed by atoms with Crippen LogP contribution in [0.4, 0.5) is 5.69 Å². The molecule has 0 aromatic heterocycles. The molecule has 180 valence electrons. The molecule has 3 aromatic rings. The minimum absolute atomic E-state index is 0.0430. The van der Waals surface area contributed by atoms with Crippen LogP contribution in [0.5, 0.6) is 11.5 Å². The molecule has 0 saturated heterocycles. The fourth-order valence-corrected chi connectivity index (χ4v) is 3.97. The Morgan fingerprint density at radius 3 is 2.51 bits per heavy atom. The lowest BCUT2D eigenvalue weighted by atomic mass is 10.1. The number of amides is 1. The number of ether oxygens (including phenoxy) is 2. The van der Waals surface area contributed by atoms with Gasteiger partial charge in [0.05, 0.1) is 16.7 Å². The van der Waals surface area contributed by atoms with Crippen molar-refractivity contribution in [1.29, 1.82) is 5.26 Å². The lowest BCUT2D eigenvalue weighted by Gasteiger charge is -2.15. The van der Waals surface area contributed by atoms with Gasteiger partial charge in [-0.05, 0) is 79.4 Å². The van der Waals surface area contributed by atoms with Crippen LogP contribution in [0, 0.1) is 25.2 Å². The highest BCUT2D eigenvalue weighted by Crippen LogP contribution is 2.36. The summed E-state index contributed by atoms with van der Waals surface area (Å²) in [7, 11) is 0. The molecule has 0 fully saturated rings. The number of aryl methyl sites for hydroxylation is 1. The van der Waals surface area contributed by atoms with Crippen molar-refractivity contribution in [3.63, 3.8) is 0 Å². The molecule has 3 rings (SSSR count). The summed E-state index contributed by atoms with van der Waals surface area (Å²) in [6.45, 7) is 6.40. The molecule has 0 bridgehead atoms. The molecule has 5 nitrogen and oxygen atoms in total. The van der Waals surface area contributed by atoms with Crippen molar-refractivity contribution in [3.8, 4) is 17.6 Å². The van der Waals surface area contributed by atoms with E-state index in [2.05, 4.69) is 21.2 Å². The number of halogens is 3. The van der Waals surface area contributed by atoms with E-state index < -0.39 is 5.91 Å². The van der Waals surface area contributed by atoms with Crippen LogP contribution in [0.2, 0.25) is 10.0 Å². The Morgan fingerprint density at radius 2 is 1.83 bits per heavy atom. The highest BCUT2D eigenvalue weighted by molar-refractivity contribution is 9.10. The van der Waals surface area contributed by atoms with Crippen molar-refractivity contribution in [1.82, 2.24) is 0 Å². The van der Waals surface area contributed by atoms with Gasteiger partial charge in [0.1, 0.15) is 18.2 Å². The smallest absolute Gasteiger partial charge is 0.266 e. The molecular formula is C27H23BrCl2N2O3. The molecule has 0 unspecified atom stereocenters. The number of hydrogen-bond acceptors (Lipinski definition) is 4. The molecule has 0 aliphatic rings. The van der Waals surface area contributed by atoms with Crippen molar-refractivity contribution in [2.75, 3.05) is 11.9 Å². The number of nitrogens with zero attached hydrogens (tertiary/aromatic N) is 1. The molecule has 0 heterocycles. The summed E-state index contributed by atoms with van der Waals surface area (Å²) >= 11 is 15.6. The summed E-state index contributed by atoms with van der Waals surface area (Å²) in [6.07, 6.45) is 1.51.